The molecule has 2 heterocycles. The van der Waals surface area contributed by atoms with E-state index in [1.54, 1.807) is 5.38 Å². The molecule has 0 saturated carbocycles. The fourth-order valence-electron chi connectivity index (χ4n) is 2.64. The second kappa shape index (κ2) is 6.58. The Kier molecular flexibility index (Phi) is 4.52. The number of thiazole rings is 1. The molecule has 5 nitrogen and oxygen atoms in total. The predicted octanol–water partition coefficient (Wildman–Crippen LogP) is 3.10. The molecule has 0 aliphatic carbocycles. The van der Waals surface area contributed by atoms with Crippen LogP contribution >= 0.6 is 11.3 Å². The van der Waals surface area contributed by atoms with Crippen LogP contribution in [0.25, 0.3) is 0 Å². The van der Waals surface area contributed by atoms with Gasteiger partial charge in [-0.1, -0.05) is 0 Å². The number of aryl methyl sites for hydroxylation is 1. The lowest BCUT2D eigenvalue weighted by molar-refractivity contribution is 0.0946. The van der Waals surface area contributed by atoms with Gasteiger partial charge in [0.1, 0.15) is 23.3 Å². The summed E-state index contributed by atoms with van der Waals surface area (Å²) < 4.78 is 11.5. The molecule has 1 aliphatic rings. The van der Waals surface area contributed by atoms with Crippen LogP contribution in [0.15, 0.2) is 17.5 Å². The summed E-state index contributed by atoms with van der Waals surface area (Å²) in [5.74, 6) is 1.51. The summed E-state index contributed by atoms with van der Waals surface area (Å²) in [7, 11) is 0. The van der Waals surface area contributed by atoms with Gasteiger partial charge in [-0.2, -0.15) is 0 Å². The van der Waals surface area contributed by atoms with Gasteiger partial charge in [-0.25, -0.2) is 4.98 Å². The molecule has 0 saturated heterocycles. The smallest absolute Gasteiger partial charge is 0.271 e. The summed E-state index contributed by atoms with van der Waals surface area (Å²) in [5.41, 5.74) is 2.53. The number of hydrogen-bond acceptors (Lipinski definition) is 5. The number of fused-ring (bicyclic) bond motifs is 1. The average molecular weight is 332 g/mol. The summed E-state index contributed by atoms with van der Waals surface area (Å²) in [6, 6.07) is 3.99. The van der Waals surface area contributed by atoms with E-state index in [-0.39, 0.29) is 12.0 Å². The molecule has 1 atom stereocenters. The Hall–Kier alpha value is -2.08. The second-order valence-electron chi connectivity index (χ2n) is 5.57. The zero-order chi connectivity index (χ0) is 16.4. The van der Waals surface area contributed by atoms with Crippen molar-refractivity contribution in [3.8, 4) is 11.5 Å². The van der Waals surface area contributed by atoms with Crippen molar-refractivity contribution in [1.29, 1.82) is 0 Å². The van der Waals surface area contributed by atoms with Crippen molar-refractivity contribution < 1.29 is 14.3 Å². The van der Waals surface area contributed by atoms with E-state index < -0.39 is 0 Å². The Bertz CT molecular complexity index is 727. The molecule has 1 N–H and O–H groups in total. The number of nitrogens with one attached hydrogen (secondary N) is 1. The van der Waals surface area contributed by atoms with Crippen molar-refractivity contribution in [3.05, 3.63) is 39.3 Å². The lowest BCUT2D eigenvalue weighted by Crippen LogP contribution is -2.23. The molecule has 1 aromatic carbocycles. The van der Waals surface area contributed by atoms with Gasteiger partial charge in [0.2, 0.25) is 0 Å². The van der Waals surface area contributed by atoms with Gasteiger partial charge in [0.15, 0.2) is 0 Å². The number of nitrogens with zero attached hydrogens (tertiary/aromatic N) is 1. The van der Waals surface area contributed by atoms with E-state index in [0.29, 0.717) is 18.8 Å². The molecule has 3 rings (SSSR count). The molecule has 1 amide bonds. The van der Waals surface area contributed by atoms with Crippen molar-refractivity contribution in [2.75, 3.05) is 6.61 Å². The standard InChI is InChI=1S/C17H20N2O3S/c1-4-21-15-6-12-5-10(2)22-16(12)7-13(15)8-18-17(20)14-9-23-11(3)19-14/h6-7,9-10H,4-5,8H2,1-3H3,(H,18,20). The maximum Gasteiger partial charge on any atom is 0.271 e. The van der Waals surface area contributed by atoms with Gasteiger partial charge < -0.3 is 14.8 Å². The predicted molar refractivity (Wildman–Crippen MR) is 89.4 cm³/mol. The highest BCUT2D eigenvalue weighted by atomic mass is 32.1. The van der Waals surface area contributed by atoms with Crippen molar-refractivity contribution in [2.45, 2.75) is 39.8 Å². The molecule has 6 heteroatoms. The van der Waals surface area contributed by atoms with Crippen LogP contribution in [0.2, 0.25) is 0 Å². The van der Waals surface area contributed by atoms with Crippen LogP contribution in [0.4, 0.5) is 0 Å². The number of aromatic nitrogens is 1. The zero-order valence-electron chi connectivity index (χ0n) is 13.5. The first-order valence-corrected chi connectivity index (χ1v) is 8.60. The Balaban J connectivity index is 1.76. The Morgan fingerprint density at radius 1 is 1.52 bits per heavy atom. The van der Waals surface area contributed by atoms with E-state index in [2.05, 4.69) is 10.3 Å². The number of carbonyl (C=O) groups excluding carboxylic acids is 1. The monoisotopic (exact) mass is 332 g/mol. The molecular formula is C17H20N2O3S. The molecule has 1 aliphatic heterocycles. The zero-order valence-corrected chi connectivity index (χ0v) is 14.3. The number of ether oxygens (including phenoxy) is 2. The summed E-state index contributed by atoms with van der Waals surface area (Å²) in [6.07, 6.45) is 1.07. The minimum absolute atomic E-state index is 0.174. The first-order chi connectivity index (χ1) is 11.1. The van der Waals surface area contributed by atoms with E-state index in [4.69, 9.17) is 9.47 Å². The van der Waals surface area contributed by atoms with Crippen LogP contribution in [0.1, 0.15) is 40.5 Å². The number of rotatable bonds is 5. The van der Waals surface area contributed by atoms with E-state index in [9.17, 15) is 4.79 Å². The molecule has 23 heavy (non-hydrogen) atoms. The molecule has 0 radical (unpaired) electrons. The molecule has 1 unspecified atom stereocenters. The van der Waals surface area contributed by atoms with E-state index >= 15 is 0 Å². The van der Waals surface area contributed by atoms with E-state index in [1.165, 1.54) is 11.3 Å². The van der Waals surface area contributed by atoms with Gasteiger partial charge >= 0.3 is 0 Å². The van der Waals surface area contributed by atoms with E-state index in [0.717, 1.165) is 34.1 Å². The highest BCUT2D eigenvalue weighted by molar-refractivity contribution is 7.09. The largest absolute Gasteiger partial charge is 0.494 e. The molecule has 0 fully saturated rings. The fourth-order valence-corrected chi connectivity index (χ4v) is 3.24. The first kappa shape index (κ1) is 15.8. The normalized spacial score (nSPS) is 15.9. The maximum atomic E-state index is 12.1. The van der Waals surface area contributed by atoms with Crippen LogP contribution in [0.3, 0.4) is 0 Å². The quantitative estimate of drug-likeness (QED) is 0.914. The maximum absolute atomic E-state index is 12.1. The summed E-state index contributed by atoms with van der Waals surface area (Å²) in [6.45, 7) is 6.85. The molecule has 2 aromatic rings. The number of benzene rings is 1. The molecule has 1 aromatic heterocycles. The van der Waals surface area contributed by atoms with Gasteiger partial charge in [0.25, 0.3) is 5.91 Å². The lowest BCUT2D eigenvalue weighted by Gasteiger charge is -2.13. The summed E-state index contributed by atoms with van der Waals surface area (Å²) in [5, 5.41) is 5.54. The minimum atomic E-state index is -0.174. The summed E-state index contributed by atoms with van der Waals surface area (Å²) >= 11 is 1.47. The average Bonchev–Trinajstić information content (AvgIpc) is 3.09. The van der Waals surface area contributed by atoms with Gasteiger partial charge in [-0.05, 0) is 32.9 Å². The lowest BCUT2D eigenvalue weighted by atomic mass is 10.1. The molecule has 0 bridgehead atoms. The SMILES string of the molecule is CCOc1cc2c(cc1CNC(=O)c1csc(C)n1)OC(C)C2. The fraction of sp³-hybridized carbons (Fsp3) is 0.412. The highest BCUT2D eigenvalue weighted by Gasteiger charge is 2.22. The number of carbonyl (C=O) groups is 1. The van der Waals surface area contributed by atoms with Crippen LogP contribution in [-0.2, 0) is 13.0 Å². The van der Waals surface area contributed by atoms with E-state index in [1.807, 2.05) is 32.9 Å². The van der Waals surface area contributed by atoms with Gasteiger partial charge in [-0.3, -0.25) is 4.79 Å². The summed E-state index contributed by atoms with van der Waals surface area (Å²) in [4.78, 5) is 16.3. The second-order valence-corrected chi connectivity index (χ2v) is 6.63. The Morgan fingerprint density at radius 3 is 3.04 bits per heavy atom. The van der Waals surface area contributed by atoms with Crippen LogP contribution in [0, 0.1) is 6.92 Å². The topological polar surface area (TPSA) is 60.5 Å². The van der Waals surface area contributed by atoms with Crippen LogP contribution in [-0.4, -0.2) is 23.6 Å². The Morgan fingerprint density at radius 2 is 2.35 bits per heavy atom. The first-order valence-electron chi connectivity index (χ1n) is 7.72. The number of hydrogen-bond donors (Lipinski definition) is 1. The molecule has 0 spiro atoms. The highest BCUT2D eigenvalue weighted by Crippen LogP contribution is 2.35. The van der Waals surface area contributed by atoms with Crippen molar-refractivity contribution in [2.24, 2.45) is 0 Å². The molecule has 122 valence electrons. The van der Waals surface area contributed by atoms with Crippen LogP contribution < -0.4 is 14.8 Å². The third-order valence-electron chi connectivity index (χ3n) is 3.67. The third-order valence-corrected chi connectivity index (χ3v) is 4.44. The minimum Gasteiger partial charge on any atom is -0.494 e. The Labute approximate surface area is 139 Å². The van der Waals surface area contributed by atoms with Crippen molar-refractivity contribution in [3.63, 3.8) is 0 Å². The van der Waals surface area contributed by atoms with Crippen LogP contribution in [0.5, 0.6) is 11.5 Å². The van der Waals surface area contributed by atoms with Gasteiger partial charge in [0.05, 0.1) is 11.6 Å². The third kappa shape index (κ3) is 3.47. The number of amides is 1. The van der Waals surface area contributed by atoms with Crippen molar-refractivity contribution in [1.82, 2.24) is 10.3 Å². The van der Waals surface area contributed by atoms with Gasteiger partial charge in [0, 0.05) is 29.5 Å². The van der Waals surface area contributed by atoms with Gasteiger partial charge in [-0.15, -0.1) is 11.3 Å². The molecular weight excluding hydrogens is 312 g/mol. The van der Waals surface area contributed by atoms with Crippen molar-refractivity contribution >= 4 is 17.2 Å².